The summed E-state index contributed by atoms with van der Waals surface area (Å²) >= 11 is 0. The minimum absolute atomic E-state index is 0.00431. The lowest BCUT2D eigenvalue weighted by Gasteiger charge is -2.16. The van der Waals surface area contributed by atoms with Gasteiger partial charge in [0, 0.05) is 0 Å². The number of aromatic carboxylic acids is 1. The standard InChI is InChI=1S/C13H18O5/c1-4-16-9-7-8-10(17-5-2)12(18-6-3)11(9)13(14)15/h7-8H,4-6H2,1-3H3,(H,14,15). The lowest BCUT2D eigenvalue weighted by molar-refractivity contribution is 0.0686. The first-order valence-corrected chi connectivity index (χ1v) is 5.94. The Kier molecular flexibility index (Phi) is 5.30. The van der Waals surface area contributed by atoms with Crippen molar-refractivity contribution in [3.8, 4) is 17.2 Å². The van der Waals surface area contributed by atoms with Crippen molar-refractivity contribution in [2.45, 2.75) is 20.8 Å². The van der Waals surface area contributed by atoms with Crippen molar-refractivity contribution in [3.63, 3.8) is 0 Å². The quantitative estimate of drug-likeness (QED) is 0.810. The highest BCUT2D eigenvalue weighted by Crippen LogP contribution is 2.37. The third-order valence-electron chi connectivity index (χ3n) is 2.19. The first-order valence-electron chi connectivity index (χ1n) is 5.94. The molecule has 0 saturated carbocycles. The Labute approximate surface area is 106 Å². The number of benzene rings is 1. The van der Waals surface area contributed by atoms with E-state index in [9.17, 15) is 9.90 Å². The van der Waals surface area contributed by atoms with Crippen LogP contribution in [-0.2, 0) is 0 Å². The van der Waals surface area contributed by atoms with E-state index in [0.717, 1.165) is 0 Å². The van der Waals surface area contributed by atoms with E-state index in [1.54, 1.807) is 26.0 Å². The molecule has 1 aromatic carbocycles. The fraction of sp³-hybridized carbons (Fsp3) is 0.462. The van der Waals surface area contributed by atoms with Crippen LogP contribution in [0.4, 0.5) is 0 Å². The fourth-order valence-electron chi connectivity index (χ4n) is 1.58. The van der Waals surface area contributed by atoms with Gasteiger partial charge in [-0.25, -0.2) is 4.79 Å². The summed E-state index contributed by atoms with van der Waals surface area (Å²) in [5, 5.41) is 9.28. The molecule has 0 aliphatic heterocycles. The number of carboxylic acid groups (broad SMARTS) is 1. The van der Waals surface area contributed by atoms with Crippen LogP contribution in [0.5, 0.6) is 17.2 Å². The van der Waals surface area contributed by atoms with Gasteiger partial charge in [0.15, 0.2) is 11.5 Å². The molecular weight excluding hydrogens is 236 g/mol. The maximum Gasteiger partial charge on any atom is 0.343 e. The van der Waals surface area contributed by atoms with Crippen molar-refractivity contribution < 1.29 is 24.1 Å². The SMILES string of the molecule is CCOc1ccc(OCC)c(C(=O)O)c1OCC. The topological polar surface area (TPSA) is 65.0 Å². The van der Waals surface area contributed by atoms with E-state index in [0.29, 0.717) is 25.6 Å². The molecule has 0 saturated heterocycles. The van der Waals surface area contributed by atoms with Crippen molar-refractivity contribution >= 4 is 5.97 Å². The summed E-state index contributed by atoms with van der Waals surface area (Å²) in [6.45, 7) is 6.59. The zero-order chi connectivity index (χ0) is 13.5. The molecule has 0 radical (unpaired) electrons. The summed E-state index contributed by atoms with van der Waals surface area (Å²) in [7, 11) is 0. The second kappa shape index (κ2) is 6.74. The molecule has 1 aromatic rings. The molecule has 0 atom stereocenters. The molecule has 0 unspecified atom stereocenters. The van der Waals surface area contributed by atoms with Gasteiger partial charge in [-0.15, -0.1) is 0 Å². The van der Waals surface area contributed by atoms with E-state index in [1.165, 1.54) is 0 Å². The van der Waals surface area contributed by atoms with E-state index in [-0.39, 0.29) is 17.1 Å². The summed E-state index contributed by atoms with van der Waals surface area (Å²) in [5.74, 6) is -0.168. The van der Waals surface area contributed by atoms with Crippen LogP contribution >= 0.6 is 0 Å². The van der Waals surface area contributed by atoms with E-state index in [2.05, 4.69) is 0 Å². The summed E-state index contributed by atoms with van der Waals surface area (Å²) in [4.78, 5) is 11.3. The normalized spacial score (nSPS) is 9.94. The smallest absolute Gasteiger partial charge is 0.343 e. The highest BCUT2D eigenvalue weighted by atomic mass is 16.5. The molecule has 1 N–H and O–H groups in total. The van der Waals surface area contributed by atoms with Gasteiger partial charge in [-0.1, -0.05) is 0 Å². The first-order chi connectivity index (χ1) is 8.65. The van der Waals surface area contributed by atoms with E-state index in [1.807, 2.05) is 6.92 Å². The molecule has 0 fully saturated rings. The van der Waals surface area contributed by atoms with Crippen LogP contribution in [0.1, 0.15) is 31.1 Å². The number of carboxylic acids is 1. The fourth-order valence-corrected chi connectivity index (χ4v) is 1.58. The third-order valence-corrected chi connectivity index (χ3v) is 2.19. The predicted octanol–water partition coefficient (Wildman–Crippen LogP) is 2.58. The summed E-state index contributed by atoms with van der Waals surface area (Å²) in [6, 6.07) is 3.24. The van der Waals surface area contributed by atoms with Crippen LogP contribution in [0.25, 0.3) is 0 Å². The Morgan fingerprint density at radius 2 is 1.50 bits per heavy atom. The van der Waals surface area contributed by atoms with Gasteiger partial charge >= 0.3 is 5.97 Å². The number of ether oxygens (including phenoxy) is 3. The van der Waals surface area contributed by atoms with Crippen LogP contribution in [0.3, 0.4) is 0 Å². The number of carbonyl (C=O) groups is 1. The van der Waals surface area contributed by atoms with E-state index in [4.69, 9.17) is 14.2 Å². The van der Waals surface area contributed by atoms with Crippen molar-refractivity contribution in [2.75, 3.05) is 19.8 Å². The van der Waals surface area contributed by atoms with Crippen molar-refractivity contribution in [1.82, 2.24) is 0 Å². The minimum atomic E-state index is -1.09. The largest absolute Gasteiger partial charge is 0.493 e. The van der Waals surface area contributed by atoms with Crippen molar-refractivity contribution in [2.24, 2.45) is 0 Å². The Morgan fingerprint density at radius 3 is 2.00 bits per heavy atom. The summed E-state index contributed by atoms with van der Waals surface area (Å²) in [5.41, 5.74) is 0.00431. The van der Waals surface area contributed by atoms with Crippen molar-refractivity contribution in [3.05, 3.63) is 17.7 Å². The monoisotopic (exact) mass is 254 g/mol. The molecule has 0 bridgehead atoms. The molecule has 0 heterocycles. The molecule has 0 aliphatic rings. The lowest BCUT2D eigenvalue weighted by atomic mass is 10.1. The highest BCUT2D eigenvalue weighted by Gasteiger charge is 2.22. The molecule has 1 rings (SSSR count). The molecule has 5 nitrogen and oxygen atoms in total. The van der Waals surface area contributed by atoms with Gasteiger partial charge in [-0.05, 0) is 32.9 Å². The van der Waals surface area contributed by atoms with Crippen LogP contribution < -0.4 is 14.2 Å². The minimum Gasteiger partial charge on any atom is -0.493 e. The summed E-state index contributed by atoms with van der Waals surface area (Å²) < 4.78 is 16.1. The lowest BCUT2D eigenvalue weighted by Crippen LogP contribution is -2.09. The average Bonchev–Trinajstić information content (AvgIpc) is 2.33. The predicted molar refractivity (Wildman–Crippen MR) is 66.9 cm³/mol. The molecule has 18 heavy (non-hydrogen) atoms. The van der Waals surface area contributed by atoms with E-state index >= 15 is 0 Å². The van der Waals surface area contributed by atoms with Crippen LogP contribution in [0, 0.1) is 0 Å². The number of hydrogen-bond donors (Lipinski definition) is 1. The zero-order valence-corrected chi connectivity index (χ0v) is 10.9. The van der Waals surface area contributed by atoms with Gasteiger partial charge in [0.2, 0.25) is 0 Å². The van der Waals surface area contributed by atoms with Crippen LogP contribution in [0.2, 0.25) is 0 Å². The Balaban J connectivity index is 3.33. The molecule has 5 heteroatoms. The van der Waals surface area contributed by atoms with Gasteiger partial charge in [0.1, 0.15) is 11.3 Å². The van der Waals surface area contributed by atoms with Gasteiger partial charge in [-0.3, -0.25) is 0 Å². The maximum atomic E-state index is 11.3. The molecule has 0 amide bonds. The zero-order valence-electron chi connectivity index (χ0n) is 10.9. The summed E-state index contributed by atoms with van der Waals surface area (Å²) in [6.07, 6.45) is 0. The van der Waals surface area contributed by atoms with Gasteiger partial charge in [-0.2, -0.15) is 0 Å². The Hall–Kier alpha value is -1.91. The van der Waals surface area contributed by atoms with Crippen LogP contribution in [-0.4, -0.2) is 30.9 Å². The second-order valence-corrected chi connectivity index (χ2v) is 3.37. The molecule has 0 aromatic heterocycles. The maximum absolute atomic E-state index is 11.3. The Bertz CT molecular complexity index is 414. The molecular formula is C13H18O5. The average molecular weight is 254 g/mol. The molecule has 0 spiro atoms. The molecule has 100 valence electrons. The van der Waals surface area contributed by atoms with Crippen LogP contribution in [0.15, 0.2) is 12.1 Å². The second-order valence-electron chi connectivity index (χ2n) is 3.37. The number of hydrogen-bond acceptors (Lipinski definition) is 4. The third kappa shape index (κ3) is 3.06. The van der Waals surface area contributed by atoms with E-state index < -0.39 is 5.97 Å². The highest BCUT2D eigenvalue weighted by molar-refractivity contribution is 5.95. The van der Waals surface area contributed by atoms with Gasteiger partial charge in [0.05, 0.1) is 19.8 Å². The number of rotatable bonds is 7. The van der Waals surface area contributed by atoms with Crippen molar-refractivity contribution in [1.29, 1.82) is 0 Å². The first kappa shape index (κ1) is 14.2. The Morgan fingerprint density at radius 1 is 1.00 bits per heavy atom. The van der Waals surface area contributed by atoms with Gasteiger partial charge in [0.25, 0.3) is 0 Å². The molecule has 0 aliphatic carbocycles. The van der Waals surface area contributed by atoms with Gasteiger partial charge < -0.3 is 19.3 Å².